The van der Waals surface area contributed by atoms with Crippen LogP contribution in [-0.4, -0.2) is 71.9 Å². The number of carboxylic acids is 1. The van der Waals surface area contributed by atoms with E-state index in [0.717, 1.165) is 38.9 Å². The maximum Gasteiger partial charge on any atom is 0.303 e. The minimum atomic E-state index is -0.726. The van der Waals surface area contributed by atoms with E-state index in [1.54, 1.807) is 0 Å². The number of rotatable bonds is 7. The van der Waals surface area contributed by atoms with Gasteiger partial charge in [0.2, 0.25) is 0 Å². The zero-order valence-corrected chi connectivity index (χ0v) is 10.8. The number of β-amino-alcohol motifs (C(OH)–C–C–N with tert-alkyl or cyclic N) is 1. The Morgan fingerprint density at radius 2 is 2.12 bits per heavy atom. The second-order valence-electron chi connectivity index (χ2n) is 5.15. The Hall–Kier alpha value is -0.650. The summed E-state index contributed by atoms with van der Waals surface area (Å²) in [5.74, 6) is -0.726. The Balaban J connectivity index is 2.27. The number of likely N-dealkylation sites (N-methyl/N-ethyl adjacent to an activating group) is 1. The third kappa shape index (κ3) is 5.48. The van der Waals surface area contributed by atoms with E-state index < -0.39 is 5.97 Å². The van der Waals surface area contributed by atoms with Crippen molar-refractivity contribution in [3.8, 4) is 0 Å². The smallest absolute Gasteiger partial charge is 0.303 e. The van der Waals surface area contributed by atoms with Gasteiger partial charge >= 0.3 is 5.97 Å². The number of nitrogens with zero attached hydrogens (tertiary/aromatic N) is 2. The van der Waals surface area contributed by atoms with Crippen LogP contribution in [0.1, 0.15) is 25.7 Å². The van der Waals surface area contributed by atoms with E-state index in [4.69, 9.17) is 5.11 Å². The van der Waals surface area contributed by atoms with Crippen molar-refractivity contribution in [1.82, 2.24) is 9.80 Å². The number of aliphatic carboxylic acids is 1. The molecule has 5 heteroatoms. The summed E-state index contributed by atoms with van der Waals surface area (Å²) in [5, 5.41) is 18.2. The van der Waals surface area contributed by atoms with Crippen LogP contribution in [0.15, 0.2) is 0 Å². The molecule has 0 spiro atoms. The SMILES string of the molecule is CN(C)CC1CC(O)CN1CCCCC(=O)O. The highest BCUT2D eigenvalue weighted by Crippen LogP contribution is 2.19. The van der Waals surface area contributed by atoms with E-state index in [9.17, 15) is 9.90 Å². The number of unbranched alkanes of at least 4 members (excludes halogenated alkanes) is 1. The van der Waals surface area contributed by atoms with Gasteiger partial charge in [0, 0.05) is 25.6 Å². The first kappa shape index (κ1) is 14.4. The normalized spacial score (nSPS) is 25.6. The highest BCUT2D eigenvalue weighted by Gasteiger charge is 2.30. The first-order valence-electron chi connectivity index (χ1n) is 6.27. The highest BCUT2D eigenvalue weighted by atomic mass is 16.4. The largest absolute Gasteiger partial charge is 0.481 e. The number of hydrogen-bond acceptors (Lipinski definition) is 4. The number of carbonyl (C=O) groups is 1. The van der Waals surface area contributed by atoms with Crippen molar-refractivity contribution in [3.05, 3.63) is 0 Å². The molecule has 17 heavy (non-hydrogen) atoms. The van der Waals surface area contributed by atoms with E-state index in [-0.39, 0.29) is 12.5 Å². The molecule has 0 aromatic rings. The maximum absolute atomic E-state index is 10.4. The summed E-state index contributed by atoms with van der Waals surface area (Å²) < 4.78 is 0. The fourth-order valence-electron chi connectivity index (χ4n) is 2.43. The van der Waals surface area contributed by atoms with Crippen molar-refractivity contribution < 1.29 is 15.0 Å². The lowest BCUT2D eigenvalue weighted by Gasteiger charge is -2.26. The molecule has 2 N–H and O–H groups in total. The van der Waals surface area contributed by atoms with Crippen LogP contribution in [0, 0.1) is 0 Å². The van der Waals surface area contributed by atoms with Crippen LogP contribution in [0.4, 0.5) is 0 Å². The lowest BCUT2D eigenvalue weighted by molar-refractivity contribution is -0.137. The van der Waals surface area contributed by atoms with E-state index >= 15 is 0 Å². The minimum absolute atomic E-state index is 0.223. The molecule has 0 aromatic carbocycles. The molecule has 5 nitrogen and oxygen atoms in total. The first-order valence-corrected chi connectivity index (χ1v) is 6.27. The number of aliphatic hydroxyl groups is 1. The first-order chi connectivity index (χ1) is 7.99. The molecule has 1 saturated heterocycles. The lowest BCUT2D eigenvalue weighted by Crippen LogP contribution is -2.38. The maximum atomic E-state index is 10.4. The molecule has 1 aliphatic rings. The predicted octanol–water partition coefficient (Wildman–Crippen LogP) is 0.238. The molecule has 0 aromatic heterocycles. The molecule has 0 amide bonds. The topological polar surface area (TPSA) is 64.0 Å². The third-order valence-electron chi connectivity index (χ3n) is 3.17. The number of carboxylic acid groups (broad SMARTS) is 1. The molecular weight excluding hydrogens is 220 g/mol. The van der Waals surface area contributed by atoms with Crippen LogP contribution < -0.4 is 0 Å². The van der Waals surface area contributed by atoms with Gasteiger partial charge in [-0.15, -0.1) is 0 Å². The summed E-state index contributed by atoms with van der Waals surface area (Å²) >= 11 is 0. The molecule has 1 heterocycles. The fourth-order valence-corrected chi connectivity index (χ4v) is 2.43. The third-order valence-corrected chi connectivity index (χ3v) is 3.17. The summed E-state index contributed by atoms with van der Waals surface area (Å²) in [7, 11) is 4.07. The van der Waals surface area contributed by atoms with Gasteiger partial charge < -0.3 is 15.1 Å². The van der Waals surface area contributed by atoms with Gasteiger partial charge in [-0.3, -0.25) is 9.69 Å². The Labute approximate surface area is 103 Å². The van der Waals surface area contributed by atoms with Crippen molar-refractivity contribution in [1.29, 1.82) is 0 Å². The number of likely N-dealkylation sites (tertiary alicyclic amines) is 1. The molecule has 2 atom stereocenters. The van der Waals surface area contributed by atoms with Crippen LogP contribution in [0.5, 0.6) is 0 Å². The zero-order chi connectivity index (χ0) is 12.8. The Morgan fingerprint density at radius 1 is 1.41 bits per heavy atom. The minimum Gasteiger partial charge on any atom is -0.481 e. The highest BCUT2D eigenvalue weighted by molar-refractivity contribution is 5.66. The van der Waals surface area contributed by atoms with E-state index in [1.165, 1.54) is 0 Å². The summed E-state index contributed by atoms with van der Waals surface area (Å²) in [6, 6.07) is 0.407. The Kier molecular flexibility index (Phi) is 5.88. The van der Waals surface area contributed by atoms with Crippen molar-refractivity contribution >= 4 is 5.97 Å². The van der Waals surface area contributed by atoms with Gasteiger partial charge in [-0.2, -0.15) is 0 Å². The number of hydrogen-bond donors (Lipinski definition) is 2. The van der Waals surface area contributed by atoms with Crippen LogP contribution in [-0.2, 0) is 4.79 Å². The molecule has 0 saturated carbocycles. The lowest BCUT2D eigenvalue weighted by atomic mass is 10.2. The standard InChI is InChI=1S/C12H24N2O3/c1-13(2)8-10-7-11(15)9-14(10)6-4-3-5-12(16)17/h10-11,15H,3-9H2,1-2H3,(H,16,17). The second-order valence-corrected chi connectivity index (χ2v) is 5.15. The summed E-state index contributed by atoms with van der Waals surface area (Å²) in [6.45, 7) is 2.57. The molecule has 1 rings (SSSR count). The van der Waals surface area contributed by atoms with Crippen molar-refractivity contribution in [2.45, 2.75) is 37.8 Å². The van der Waals surface area contributed by atoms with Gasteiger partial charge in [-0.05, 0) is 39.9 Å². The zero-order valence-electron chi connectivity index (χ0n) is 10.8. The fraction of sp³-hybridized carbons (Fsp3) is 0.917. The predicted molar refractivity (Wildman–Crippen MR) is 66.0 cm³/mol. The van der Waals surface area contributed by atoms with E-state index in [2.05, 4.69) is 9.80 Å². The summed E-state index contributed by atoms with van der Waals surface area (Å²) in [5.41, 5.74) is 0. The van der Waals surface area contributed by atoms with Crippen LogP contribution in [0.2, 0.25) is 0 Å². The molecule has 0 bridgehead atoms. The summed E-state index contributed by atoms with van der Waals surface area (Å²) in [6.07, 6.45) is 2.46. The summed E-state index contributed by atoms with van der Waals surface area (Å²) in [4.78, 5) is 14.8. The molecule has 2 unspecified atom stereocenters. The number of aliphatic hydroxyl groups excluding tert-OH is 1. The van der Waals surface area contributed by atoms with E-state index in [1.807, 2.05) is 14.1 Å². The van der Waals surface area contributed by atoms with Crippen LogP contribution in [0.25, 0.3) is 0 Å². The molecular formula is C12H24N2O3. The molecule has 0 radical (unpaired) electrons. The van der Waals surface area contributed by atoms with Gasteiger partial charge in [0.1, 0.15) is 0 Å². The monoisotopic (exact) mass is 244 g/mol. The Morgan fingerprint density at radius 3 is 2.71 bits per heavy atom. The van der Waals surface area contributed by atoms with Crippen molar-refractivity contribution in [3.63, 3.8) is 0 Å². The molecule has 0 aliphatic carbocycles. The van der Waals surface area contributed by atoms with Gasteiger partial charge in [0.15, 0.2) is 0 Å². The van der Waals surface area contributed by atoms with E-state index in [0.29, 0.717) is 6.04 Å². The van der Waals surface area contributed by atoms with Crippen molar-refractivity contribution in [2.75, 3.05) is 33.7 Å². The average molecular weight is 244 g/mol. The molecule has 1 aliphatic heterocycles. The van der Waals surface area contributed by atoms with Crippen LogP contribution >= 0.6 is 0 Å². The van der Waals surface area contributed by atoms with Crippen molar-refractivity contribution in [2.24, 2.45) is 0 Å². The van der Waals surface area contributed by atoms with Gasteiger partial charge in [0.25, 0.3) is 0 Å². The van der Waals surface area contributed by atoms with Gasteiger partial charge in [-0.25, -0.2) is 0 Å². The molecule has 1 fully saturated rings. The quantitative estimate of drug-likeness (QED) is 0.628. The second kappa shape index (κ2) is 6.93. The van der Waals surface area contributed by atoms with Gasteiger partial charge in [0.05, 0.1) is 6.10 Å². The van der Waals surface area contributed by atoms with Gasteiger partial charge in [-0.1, -0.05) is 0 Å². The average Bonchev–Trinajstić information content (AvgIpc) is 2.52. The molecule has 100 valence electrons. The van der Waals surface area contributed by atoms with Crippen LogP contribution in [0.3, 0.4) is 0 Å². The Bertz CT molecular complexity index is 246.